The fourth-order valence-corrected chi connectivity index (χ4v) is 2.31. The minimum Gasteiger partial charge on any atom is -0.333 e. The first-order valence-corrected chi connectivity index (χ1v) is 25.0. The third kappa shape index (κ3) is 232. The van der Waals surface area contributed by atoms with Crippen LogP contribution in [0.2, 0.25) is 0 Å². The first kappa shape index (κ1) is 96.1. The largest absolute Gasteiger partial charge is 0.333 e. The Morgan fingerprint density at radius 1 is 0.235 bits per heavy atom. The molecule has 0 saturated heterocycles. The maximum absolute atomic E-state index is 8.81. The van der Waals surface area contributed by atoms with Crippen molar-refractivity contribution >= 4 is 0 Å². The van der Waals surface area contributed by atoms with Crippen LogP contribution in [0.5, 0.6) is 0 Å². The predicted molar refractivity (Wildman–Crippen MR) is 317 cm³/mol. The smallest absolute Gasteiger partial charge is 0.194 e. The van der Waals surface area contributed by atoms with Crippen molar-refractivity contribution in [2.24, 2.45) is 5.73 Å². The molecule has 0 aliphatic rings. The zero-order valence-electron chi connectivity index (χ0n) is 48.3. The quantitative estimate of drug-likeness (QED) is 0.120. The van der Waals surface area contributed by atoms with Crippen LogP contribution < -0.4 is 5.73 Å². The zero-order valence-corrected chi connectivity index (χ0v) is 48.3. The Hall–Kier alpha value is -5.92. The lowest BCUT2D eigenvalue weighted by atomic mass is 10.4. The van der Waals surface area contributed by atoms with Crippen molar-refractivity contribution in [3.8, 4) is 0 Å². The monoisotopic (exact) mass is 950 g/mol. The summed E-state index contributed by atoms with van der Waals surface area (Å²) >= 11 is 0. The number of nitrogens with two attached hydrogens (primary N) is 1. The summed E-state index contributed by atoms with van der Waals surface area (Å²) in [7, 11) is 3.28. The molecule has 0 radical (unpaired) electrons. The minimum atomic E-state index is -0.500. The van der Waals surface area contributed by atoms with Crippen molar-refractivity contribution in [1.29, 1.82) is 0 Å². The van der Waals surface area contributed by atoms with Crippen LogP contribution in [-0.2, 0) is 0 Å². The lowest BCUT2D eigenvalue weighted by molar-refractivity contribution is -0.445. The first-order chi connectivity index (χ1) is 33.3. The fraction of sp³-hybridized carbons (Fsp3) is 0.410. The van der Waals surface area contributed by atoms with Gasteiger partial charge in [-0.05, 0) is 7.05 Å². The maximum Gasteiger partial charge on any atom is 0.194 e. The van der Waals surface area contributed by atoms with Gasteiger partial charge in [0.15, 0.2) is 14.1 Å². The van der Waals surface area contributed by atoms with Crippen molar-refractivity contribution in [2.75, 3.05) is 21.1 Å². The SMILES string of the molecule is CC.CC.CC.CC.CC.CC.CC.CC.CCC.CCC.CN.C[N+](=O)[O-].C[N+](=O)[O-].c1ccccc1.c1ccccc1.c1ccccc1.c1ccccc1.c1ccccc1.c1ccccc1. The summed E-state index contributed by atoms with van der Waals surface area (Å²) < 4.78 is 0. The van der Waals surface area contributed by atoms with Gasteiger partial charge in [-0.1, -0.05) is 370 Å². The van der Waals surface area contributed by atoms with E-state index in [4.69, 9.17) is 20.2 Å². The van der Waals surface area contributed by atoms with Gasteiger partial charge in [-0.2, -0.15) is 0 Å². The lowest BCUT2D eigenvalue weighted by Crippen LogP contribution is -1.79. The Kier molecular flexibility index (Phi) is 215. The van der Waals surface area contributed by atoms with Gasteiger partial charge in [-0.3, -0.25) is 20.2 Å². The zero-order chi connectivity index (χ0) is 56.0. The van der Waals surface area contributed by atoms with Gasteiger partial charge in [0.05, 0.1) is 0 Å². The number of rotatable bonds is 0. The van der Waals surface area contributed by atoms with Crippen molar-refractivity contribution in [1.82, 2.24) is 0 Å². The van der Waals surface area contributed by atoms with Crippen LogP contribution in [0.1, 0.15) is 151 Å². The van der Waals surface area contributed by atoms with E-state index in [-0.39, 0.29) is 0 Å². The molecule has 0 unspecified atom stereocenters. The van der Waals surface area contributed by atoms with E-state index in [0.29, 0.717) is 0 Å². The van der Waals surface area contributed by atoms with Crippen LogP contribution in [0, 0.1) is 20.2 Å². The second-order valence-corrected chi connectivity index (χ2v) is 9.22. The molecule has 0 bridgehead atoms. The Morgan fingerprint density at radius 2 is 0.250 bits per heavy atom. The number of nitrogens with zero attached hydrogens (tertiary/aromatic N) is 2. The molecule has 6 rings (SSSR count). The molecule has 394 valence electrons. The number of nitro groups is 2. The van der Waals surface area contributed by atoms with E-state index >= 15 is 0 Å². The van der Waals surface area contributed by atoms with Crippen LogP contribution in [-0.4, -0.2) is 31.0 Å². The second kappa shape index (κ2) is 152. The highest BCUT2D eigenvalue weighted by molar-refractivity contribution is 5.02. The molecule has 7 nitrogen and oxygen atoms in total. The van der Waals surface area contributed by atoms with Crippen LogP contribution in [0.15, 0.2) is 218 Å². The molecule has 0 spiro atoms. The fourth-order valence-electron chi connectivity index (χ4n) is 2.31. The van der Waals surface area contributed by atoms with Gasteiger partial charge >= 0.3 is 0 Å². The second-order valence-electron chi connectivity index (χ2n) is 9.22. The van der Waals surface area contributed by atoms with Gasteiger partial charge < -0.3 is 5.73 Å². The molecular weight excluding hydrogens is 839 g/mol. The maximum atomic E-state index is 8.81. The summed E-state index contributed by atoms with van der Waals surface area (Å²) in [5.41, 5.74) is 4.50. The van der Waals surface area contributed by atoms with Crippen LogP contribution in [0.4, 0.5) is 0 Å². The summed E-state index contributed by atoms with van der Waals surface area (Å²) in [6.45, 7) is 40.5. The topological polar surface area (TPSA) is 112 Å². The molecular formula is C61H111N3O4. The predicted octanol–water partition coefficient (Wildman–Crippen LogP) is 20.5. The normalized spacial score (nSPS) is 6.29. The number of hydrogen-bond acceptors (Lipinski definition) is 5. The molecule has 0 saturated carbocycles. The van der Waals surface area contributed by atoms with Crippen LogP contribution in [0.3, 0.4) is 0 Å². The highest BCUT2D eigenvalue weighted by Crippen LogP contribution is 1.83. The van der Waals surface area contributed by atoms with Crippen molar-refractivity contribution < 1.29 is 9.85 Å². The molecule has 0 atom stereocenters. The average Bonchev–Trinajstić information content (AvgIpc) is 3.45. The highest BCUT2D eigenvalue weighted by Gasteiger charge is 1.61. The minimum absolute atomic E-state index is 0.500. The van der Waals surface area contributed by atoms with Gasteiger partial charge in [0.2, 0.25) is 0 Å². The van der Waals surface area contributed by atoms with Gasteiger partial charge in [-0.25, -0.2) is 0 Å². The Balaban J connectivity index is -0.0000000436. The van der Waals surface area contributed by atoms with Gasteiger partial charge in [0, 0.05) is 9.85 Å². The molecule has 0 heterocycles. The number of hydrogen-bond donors (Lipinski definition) is 1. The third-order valence-corrected chi connectivity index (χ3v) is 4.00. The Bertz CT molecular complexity index is 912. The molecule has 0 aliphatic heterocycles. The first-order valence-electron chi connectivity index (χ1n) is 25.0. The van der Waals surface area contributed by atoms with E-state index in [1.807, 2.05) is 329 Å². The summed E-state index contributed by atoms with van der Waals surface area (Å²) in [5, 5.41) is 17.6. The number of benzene rings is 6. The molecule has 6 aromatic carbocycles. The Morgan fingerprint density at radius 3 is 0.265 bits per heavy atom. The highest BCUT2D eigenvalue weighted by atomic mass is 16.6. The van der Waals surface area contributed by atoms with E-state index in [0.717, 1.165) is 14.1 Å². The molecule has 7 heteroatoms. The Labute approximate surface area is 425 Å². The van der Waals surface area contributed by atoms with Crippen molar-refractivity contribution in [2.45, 2.75) is 151 Å². The standard InChI is InChI=1S/6C6H6.2C3H8.8C2H6.2CH3NO2.CH5N/c6*1-2-4-6-5-3-1;2*1-3-2;8*1-2;2*1-2(3)4;1-2/h6*1-6H;2*3H2,1-2H3;8*1-2H3;2*1H3;2H2,1H3. The third-order valence-electron chi connectivity index (χ3n) is 4.00. The van der Waals surface area contributed by atoms with E-state index < -0.39 is 9.85 Å². The van der Waals surface area contributed by atoms with Gasteiger partial charge in [0.25, 0.3) is 0 Å². The average molecular weight is 951 g/mol. The van der Waals surface area contributed by atoms with E-state index in [1.165, 1.54) is 19.9 Å². The molecule has 0 amide bonds. The molecule has 6 aromatic rings. The van der Waals surface area contributed by atoms with Crippen LogP contribution >= 0.6 is 0 Å². The van der Waals surface area contributed by atoms with Crippen LogP contribution in [0.25, 0.3) is 0 Å². The summed E-state index contributed by atoms with van der Waals surface area (Å²) in [4.78, 5) is 16.6. The molecule has 68 heavy (non-hydrogen) atoms. The lowest BCUT2D eigenvalue weighted by Gasteiger charge is -1.69. The summed E-state index contributed by atoms with van der Waals surface area (Å²) in [5.74, 6) is 0. The molecule has 0 aromatic heterocycles. The summed E-state index contributed by atoms with van der Waals surface area (Å²) in [6, 6.07) is 72.0. The van der Waals surface area contributed by atoms with E-state index in [9.17, 15) is 0 Å². The molecule has 0 aliphatic carbocycles. The molecule has 0 fully saturated rings. The summed E-state index contributed by atoms with van der Waals surface area (Å²) in [6.07, 6.45) is 2.50. The van der Waals surface area contributed by atoms with Crippen molar-refractivity contribution in [3.05, 3.63) is 239 Å². The van der Waals surface area contributed by atoms with E-state index in [1.54, 1.807) is 0 Å². The van der Waals surface area contributed by atoms with Gasteiger partial charge in [-0.15, -0.1) is 0 Å². The van der Waals surface area contributed by atoms with Gasteiger partial charge in [0.1, 0.15) is 0 Å². The van der Waals surface area contributed by atoms with E-state index in [2.05, 4.69) is 33.4 Å². The molecule has 2 N–H and O–H groups in total. The van der Waals surface area contributed by atoms with Crippen molar-refractivity contribution in [3.63, 3.8) is 0 Å².